The maximum atomic E-state index is 12.0. The molecule has 20 heavy (non-hydrogen) atoms. The first-order valence-electron chi connectivity index (χ1n) is 6.54. The molecule has 2 N–H and O–H groups in total. The van der Waals surface area contributed by atoms with Crippen LogP contribution in [0.5, 0.6) is 0 Å². The van der Waals surface area contributed by atoms with E-state index in [-0.39, 0.29) is 18.6 Å². The van der Waals surface area contributed by atoms with Gasteiger partial charge in [0.2, 0.25) is 0 Å². The predicted molar refractivity (Wildman–Crippen MR) is 77.8 cm³/mol. The third-order valence-electron chi connectivity index (χ3n) is 2.86. The van der Waals surface area contributed by atoms with Crippen LogP contribution in [0.2, 0.25) is 0 Å². The van der Waals surface area contributed by atoms with Gasteiger partial charge in [-0.25, -0.2) is 4.98 Å². The molecular weight excluding hydrogens is 276 g/mol. The van der Waals surface area contributed by atoms with Gasteiger partial charge in [-0.2, -0.15) is 0 Å². The molecule has 2 aromatic rings. The Labute approximate surface area is 121 Å². The van der Waals surface area contributed by atoms with Crippen molar-refractivity contribution in [2.45, 2.75) is 32.7 Å². The number of hydrogen-bond donors (Lipinski definition) is 2. The molecule has 0 aromatic carbocycles. The van der Waals surface area contributed by atoms with Crippen LogP contribution in [-0.4, -0.2) is 28.6 Å². The van der Waals surface area contributed by atoms with Gasteiger partial charge < -0.3 is 14.8 Å². The molecular formula is C14H18N2O3S. The van der Waals surface area contributed by atoms with Gasteiger partial charge in [0.1, 0.15) is 11.5 Å². The molecule has 1 amide bonds. The molecule has 2 heterocycles. The second-order valence-corrected chi connectivity index (χ2v) is 5.55. The number of furan rings is 1. The molecule has 0 aliphatic heterocycles. The Balaban J connectivity index is 1.99. The highest BCUT2D eigenvalue weighted by Crippen LogP contribution is 2.25. The van der Waals surface area contributed by atoms with Crippen LogP contribution < -0.4 is 5.32 Å². The van der Waals surface area contributed by atoms with Crippen molar-refractivity contribution in [2.75, 3.05) is 6.61 Å². The third-order valence-corrected chi connectivity index (χ3v) is 3.72. The second-order valence-electron chi connectivity index (χ2n) is 4.69. The number of amides is 1. The van der Waals surface area contributed by atoms with Crippen LogP contribution in [0.1, 0.15) is 36.0 Å². The van der Waals surface area contributed by atoms with Crippen LogP contribution in [-0.2, 0) is 0 Å². The second kappa shape index (κ2) is 6.67. The van der Waals surface area contributed by atoms with E-state index in [0.29, 0.717) is 22.9 Å². The molecule has 0 saturated heterocycles. The zero-order valence-corrected chi connectivity index (χ0v) is 12.4. The van der Waals surface area contributed by atoms with Crippen molar-refractivity contribution >= 4 is 17.2 Å². The molecule has 108 valence electrons. The van der Waals surface area contributed by atoms with Gasteiger partial charge in [0, 0.05) is 18.0 Å². The normalized spacial score (nSPS) is 12.3. The van der Waals surface area contributed by atoms with E-state index >= 15 is 0 Å². The summed E-state index contributed by atoms with van der Waals surface area (Å²) in [5, 5.41) is 14.1. The topological polar surface area (TPSA) is 75.4 Å². The van der Waals surface area contributed by atoms with Crippen molar-refractivity contribution in [2.24, 2.45) is 0 Å². The van der Waals surface area contributed by atoms with E-state index < -0.39 is 0 Å². The lowest BCUT2D eigenvalue weighted by Gasteiger charge is -2.11. The number of carbonyl (C=O) groups is 1. The highest BCUT2D eigenvalue weighted by molar-refractivity contribution is 7.13. The largest absolute Gasteiger partial charge is 0.459 e. The number of hydrogen-bond acceptors (Lipinski definition) is 5. The summed E-state index contributed by atoms with van der Waals surface area (Å²) >= 11 is 1.38. The number of aliphatic hydroxyl groups is 1. The lowest BCUT2D eigenvalue weighted by atomic mass is 10.2. The smallest absolute Gasteiger partial charge is 0.270 e. The zero-order valence-electron chi connectivity index (χ0n) is 11.5. The number of aliphatic hydroxyl groups excluding tert-OH is 1. The minimum absolute atomic E-state index is 0.0191. The van der Waals surface area contributed by atoms with E-state index in [1.165, 1.54) is 11.3 Å². The molecule has 1 atom stereocenters. The maximum Gasteiger partial charge on any atom is 0.270 e. The zero-order chi connectivity index (χ0) is 14.5. The number of aromatic nitrogens is 1. The van der Waals surface area contributed by atoms with Gasteiger partial charge in [0.15, 0.2) is 10.8 Å². The molecule has 5 nitrogen and oxygen atoms in total. The highest BCUT2D eigenvalue weighted by Gasteiger charge is 2.15. The fraction of sp³-hybridized carbons (Fsp3) is 0.429. The van der Waals surface area contributed by atoms with Crippen LogP contribution in [0.4, 0.5) is 0 Å². The number of thiazole rings is 1. The number of aryl methyl sites for hydroxylation is 1. The standard InChI is InChI=1S/C14H18N2O3S/c1-9(4-3-7-17)15-13(18)11-8-20-14(16-11)12-6-5-10(2)19-12/h5-6,8-9,17H,3-4,7H2,1-2H3,(H,15,18). The summed E-state index contributed by atoms with van der Waals surface area (Å²) < 4.78 is 5.49. The van der Waals surface area contributed by atoms with Crippen LogP contribution in [0, 0.1) is 6.92 Å². The van der Waals surface area contributed by atoms with Crippen molar-refractivity contribution in [3.8, 4) is 10.8 Å². The van der Waals surface area contributed by atoms with E-state index in [0.717, 1.165) is 12.2 Å². The Morgan fingerprint density at radius 1 is 1.55 bits per heavy atom. The minimum atomic E-state index is -0.193. The lowest BCUT2D eigenvalue weighted by molar-refractivity contribution is 0.0932. The molecule has 0 aliphatic rings. The molecule has 2 aromatic heterocycles. The van der Waals surface area contributed by atoms with Crippen LogP contribution in [0.15, 0.2) is 21.9 Å². The molecule has 0 bridgehead atoms. The van der Waals surface area contributed by atoms with Crippen LogP contribution >= 0.6 is 11.3 Å². The summed E-state index contributed by atoms with van der Waals surface area (Å²) in [4.78, 5) is 16.3. The average molecular weight is 294 g/mol. The van der Waals surface area contributed by atoms with Crippen molar-refractivity contribution in [3.63, 3.8) is 0 Å². The number of rotatable bonds is 6. The van der Waals surface area contributed by atoms with Crippen molar-refractivity contribution in [3.05, 3.63) is 29.0 Å². The molecule has 0 spiro atoms. The summed E-state index contributed by atoms with van der Waals surface area (Å²) in [6.45, 7) is 3.92. The Morgan fingerprint density at radius 3 is 3.00 bits per heavy atom. The van der Waals surface area contributed by atoms with Crippen molar-refractivity contribution in [1.82, 2.24) is 10.3 Å². The predicted octanol–water partition coefficient (Wildman–Crippen LogP) is 2.60. The molecule has 0 fully saturated rings. The van der Waals surface area contributed by atoms with Crippen LogP contribution in [0.3, 0.4) is 0 Å². The van der Waals surface area contributed by atoms with Gasteiger partial charge in [0.25, 0.3) is 5.91 Å². The molecule has 1 unspecified atom stereocenters. The molecule has 0 aliphatic carbocycles. The van der Waals surface area contributed by atoms with Crippen molar-refractivity contribution < 1.29 is 14.3 Å². The highest BCUT2D eigenvalue weighted by atomic mass is 32.1. The molecule has 0 saturated carbocycles. The summed E-state index contributed by atoms with van der Waals surface area (Å²) in [6.07, 6.45) is 1.42. The SMILES string of the molecule is Cc1ccc(-c2nc(C(=O)NC(C)CCCO)cs2)o1. The van der Waals surface area contributed by atoms with Crippen LogP contribution in [0.25, 0.3) is 10.8 Å². The van der Waals surface area contributed by atoms with E-state index in [1.807, 2.05) is 26.0 Å². The van der Waals surface area contributed by atoms with E-state index in [2.05, 4.69) is 10.3 Å². The fourth-order valence-corrected chi connectivity index (χ4v) is 2.57. The van der Waals surface area contributed by atoms with E-state index in [4.69, 9.17) is 9.52 Å². The summed E-state index contributed by atoms with van der Waals surface area (Å²) in [6, 6.07) is 3.73. The first-order valence-corrected chi connectivity index (χ1v) is 7.42. The van der Waals surface area contributed by atoms with Crippen molar-refractivity contribution in [1.29, 1.82) is 0 Å². The minimum Gasteiger partial charge on any atom is -0.459 e. The van der Waals surface area contributed by atoms with Gasteiger partial charge in [-0.05, 0) is 38.8 Å². The van der Waals surface area contributed by atoms with Gasteiger partial charge >= 0.3 is 0 Å². The maximum absolute atomic E-state index is 12.0. The summed E-state index contributed by atoms with van der Waals surface area (Å²) in [5.74, 6) is 1.31. The Hall–Kier alpha value is -1.66. The summed E-state index contributed by atoms with van der Waals surface area (Å²) in [5.41, 5.74) is 0.398. The Kier molecular flexibility index (Phi) is 4.92. The fourth-order valence-electron chi connectivity index (χ4n) is 1.81. The molecule has 6 heteroatoms. The van der Waals surface area contributed by atoms with E-state index in [1.54, 1.807) is 5.38 Å². The molecule has 0 radical (unpaired) electrons. The first kappa shape index (κ1) is 14.7. The third kappa shape index (κ3) is 3.68. The lowest BCUT2D eigenvalue weighted by Crippen LogP contribution is -2.32. The van der Waals surface area contributed by atoms with E-state index in [9.17, 15) is 4.79 Å². The van der Waals surface area contributed by atoms with Gasteiger partial charge in [-0.15, -0.1) is 11.3 Å². The number of nitrogens with one attached hydrogen (secondary N) is 1. The Morgan fingerprint density at radius 2 is 2.35 bits per heavy atom. The average Bonchev–Trinajstić information content (AvgIpc) is 3.04. The van der Waals surface area contributed by atoms with Gasteiger partial charge in [-0.3, -0.25) is 4.79 Å². The number of nitrogens with zero attached hydrogens (tertiary/aromatic N) is 1. The molecule has 2 rings (SSSR count). The number of carbonyl (C=O) groups excluding carboxylic acids is 1. The Bertz CT molecular complexity index is 576. The van der Waals surface area contributed by atoms with Gasteiger partial charge in [0.05, 0.1) is 0 Å². The van der Waals surface area contributed by atoms with Gasteiger partial charge in [-0.1, -0.05) is 0 Å². The summed E-state index contributed by atoms with van der Waals surface area (Å²) in [7, 11) is 0. The quantitative estimate of drug-likeness (QED) is 0.858. The monoisotopic (exact) mass is 294 g/mol. The first-order chi connectivity index (χ1) is 9.60.